The zero-order valence-electron chi connectivity index (χ0n) is 9.96. The van der Waals surface area contributed by atoms with Crippen molar-refractivity contribution >= 4 is 17.8 Å². The van der Waals surface area contributed by atoms with Crippen LogP contribution in [0.3, 0.4) is 0 Å². The van der Waals surface area contributed by atoms with Gasteiger partial charge >= 0.3 is 5.97 Å². The molecule has 2 aliphatic carbocycles. The van der Waals surface area contributed by atoms with Gasteiger partial charge in [0.05, 0.1) is 11.8 Å². The number of amides is 2. The van der Waals surface area contributed by atoms with Crippen LogP contribution >= 0.6 is 0 Å². The number of rotatable bonds is 6. The number of likely N-dealkylation sites (tertiary alicyclic amines) is 1. The molecule has 0 aromatic carbocycles. The lowest BCUT2D eigenvalue weighted by Gasteiger charge is -2.19. The molecule has 0 radical (unpaired) electrons. The molecule has 2 saturated carbocycles. The van der Waals surface area contributed by atoms with Gasteiger partial charge < -0.3 is 10.4 Å². The SMILES string of the molecule is O=C(O)C(CCN1C(=O)C2CC2C1=O)NC1CC1. The standard InChI is InChI=1S/C12H16N2O4/c15-10-7-5-8(7)11(16)14(10)4-3-9(12(17)18)13-6-1-2-6/h6-9,13H,1-5H2,(H,17,18). The molecule has 3 atom stereocenters. The first kappa shape index (κ1) is 11.6. The molecule has 1 saturated heterocycles. The monoisotopic (exact) mass is 252 g/mol. The molecule has 3 unspecified atom stereocenters. The van der Waals surface area contributed by atoms with Crippen LogP contribution in [-0.4, -0.2) is 46.4 Å². The number of carboxylic acids is 1. The van der Waals surface area contributed by atoms with Gasteiger partial charge in [0.25, 0.3) is 0 Å². The molecule has 1 heterocycles. The number of nitrogens with one attached hydrogen (secondary N) is 1. The average Bonchev–Trinajstić information content (AvgIpc) is 3.20. The van der Waals surface area contributed by atoms with E-state index in [4.69, 9.17) is 5.11 Å². The van der Waals surface area contributed by atoms with Crippen LogP contribution in [0.2, 0.25) is 0 Å². The molecule has 3 aliphatic rings. The van der Waals surface area contributed by atoms with Crippen molar-refractivity contribution in [3.05, 3.63) is 0 Å². The van der Waals surface area contributed by atoms with Gasteiger partial charge in [-0.15, -0.1) is 0 Å². The van der Waals surface area contributed by atoms with Crippen LogP contribution in [0.1, 0.15) is 25.7 Å². The molecular formula is C12H16N2O4. The Morgan fingerprint density at radius 2 is 1.94 bits per heavy atom. The topological polar surface area (TPSA) is 86.7 Å². The van der Waals surface area contributed by atoms with E-state index in [1.807, 2.05) is 0 Å². The van der Waals surface area contributed by atoms with E-state index in [1.165, 1.54) is 4.90 Å². The normalized spacial score (nSPS) is 31.4. The molecule has 6 heteroatoms. The van der Waals surface area contributed by atoms with E-state index >= 15 is 0 Å². The summed E-state index contributed by atoms with van der Waals surface area (Å²) in [6.07, 6.45) is 3.00. The molecule has 18 heavy (non-hydrogen) atoms. The fraction of sp³-hybridized carbons (Fsp3) is 0.750. The Morgan fingerprint density at radius 3 is 2.44 bits per heavy atom. The molecular weight excluding hydrogens is 236 g/mol. The van der Waals surface area contributed by atoms with E-state index in [-0.39, 0.29) is 30.2 Å². The first-order valence-electron chi connectivity index (χ1n) is 6.42. The second-order valence-electron chi connectivity index (χ2n) is 5.40. The Bertz CT molecular complexity index is 398. The number of carboxylic acid groups (broad SMARTS) is 1. The van der Waals surface area contributed by atoms with E-state index < -0.39 is 12.0 Å². The third-order valence-electron chi connectivity index (χ3n) is 3.91. The molecule has 3 rings (SSSR count). The van der Waals surface area contributed by atoms with Crippen LogP contribution in [0.5, 0.6) is 0 Å². The first-order chi connectivity index (χ1) is 8.58. The predicted molar refractivity (Wildman–Crippen MR) is 60.5 cm³/mol. The quantitative estimate of drug-likeness (QED) is 0.627. The minimum atomic E-state index is -0.911. The van der Waals surface area contributed by atoms with Crippen molar-refractivity contribution in [3.8, 4) is 0 Å². The number of hydrogen-bond acceptors (Lipinski definition) is 4. The minimum Gasteiger partial charge on any atom is -0.480 e. The number of fused-ring (bicyclic) bond motifs is 1. The lowest BCUT2D eigenvalue weighted by molar-refractivity contribution is -0.144. The zero-order chi connectivity index (χ0) is 12.9. The van der Waals surface area contributed by atoms with Gasteiger partial charge in [-0.1, -0.05) is 0 Å². The van der Waals surface area contributed by atoms with Gasteiger partial charge in [0.1, 0.15) is 6.04 Å². The smallest absolute Gasteiger partial charge is 0.320 e. The lowest BCUT2D eigenvalue weighted by Crippen LogP contribution is -2.42. The molecule has 6 nitrogen and oxygen atoms in total. The highest BCUT2D eigenvalue weighted by Gasteiger charge is 2.58. The van der Waals surface area contributed by atoms with E-state index in [2.05, 4.69) is 5.32 Å². The summed E-state index contributed by atoms with van der Waals surface area (Å²) in [6.45, 7) is 0.224. The van der Waals surface area contributed by atoms with Crippen LogP contribution in [0.25, 0.3) is 0 Å². The molecule has 98 valence electrons. The molecule has 2 amide bonds. The van der Waals surface area contributed by atoms with Crippen molar-refractivity contribution in [2.75, 3.05) is 6.54 Å². The molecule has 0 bridgehead atoms. The highest BCUT2D eigenvalue weighted by Crippen LogP contribution is 2.46. The Kier molecular flexibility index (Phi) is 2.62. The van der Waals surface area contributed by atoms with Gasteiger partial charge in [-0.25, -0.2) is 0 Å². The average molecular weight is 252 g/mol. The van der Waals surface area contributed by atoms with Crippen LogP contribution in [0, 0.1) is 11.8 Å². The van der Waals surface area contributed by atoms with Crippen molar-refractivity contribution in [3.63, 3.8) is 0 Å². The van der Waals surface area contributed by atoms with Crippen molar-refractivity contribution in [1.82, 2.24) is 10.2 Å². The lowest BCUT2D eigenvalue weighted by atomic mass is 10.2. The number of carbonyl (C=O) groups excluding carboxylic acids is 2. The van der Waals surface area contributed by atoms with Crippen molar-refractivity contribution in [2.24, 2.45) is 11.8 Å². The Hall–Kier alpha value is -1.43. The third-order valence-corrected chi connectivity index (χ3v) is 3.91. The maximum atomic E-state index is 11.7. The second-order valence-corrected chi connectivity index (χ2v) is 5.40. The van der Waals surface area contributed by atoms with Crippen molar-refractivity contribution in [1.29, 1.82) is 0 Å². The number of imide groups is 1. The fourth-order valence-electron chi connectivity index (χ4n) is 2.54. The largest absolute Gasteiger partial charge is 0.480 e. The highest BCUT2D eigenvalue weighted by molar-refractivity contribution is 6.08. The summed E-state index contributed by atoms with van der Waals surface area (Å²) in [6, 6.07) is -0.362. The third kappa shape index (κ3) is 2.01. The molecule has 3 fully saturated rings. The summed E-state index contributed by atoms with van der Waals surface area (Å²) in [7, 11) is 0. The predicted octanol–water partition coefficient (Wildman–Crippen LogP) is -0.413. The summed E-state index contributed by atoms with van der Waals surface area (Å²) in [5.41, 5.74) is 0. The van der Waals surface area contributed by atoms with E-state index in [0.29, 0.717) is 18.9 Å². The molecule has 0 spiro atoms. The molecule has 2 N–H and O–H groups in total. The van der Waals surface area contributed by atoms with E-state index in [9.17, 15) is 14.4 Å². The van der Waals surface area contributed by atoms with Crippen LogP contribution in [0.15, 0.2) is 0 Å². The Balaban J connectivity index is 1.54. The summed E-state index contributed by atoms with van der Waals surface area (Å²) >= 11 is 0. The van der Waals surface area contributed by atoms with Gasteiger partial charge in [-0.2, -0.15) is 0 Å². The van der Waals surface area contributed by atoms with Crippen molar-refractivity contribution in [2.45, 2.75) is 37.8 Å². The van der Waals surface area contributed by atoms with Crippen LogP contribution < -0.4 is 5.32 Å². The van der Waals surface area contributed by atoms with Gasteiger partial charge in [0.2, 0.25) is 11.8 Å². The second kappa shape index (κ2) is 4.05. The molecule has 0 aromatic rings. The Morgan fingerprint density at radius 1 is 1.33 bits per heavy atom. The van der Waals surface area contributed by atoms with Crippen LogP contribution in [-0.2, 0) is 14.4 Å². The van der Waals surface area contributed by atoms with E-state index in [0.717, 1.165) is 12.8 Å². The fourth-order valence-corrected chi connectivity index (χ4v) is 2.54. The van der Waals surface area contributed by atoms with Gasteiger partial charge in [-0.3, -0.25) is 19.3 Å². The minimum absolute atomic E-state index is 0.0998. The summed E-state index contributed by atoms with van der Waals surface area (Å²) < 4.78 is 0. The van der Waals surface area contributed by atoms with Gasteiger partial charge in [0, 0.05) is 12.6 Å². The first-order valence-corrected chi connectivity index (χ1v) is 6.42. The number of piperidine rings is 1. The Labute approximate surface area is 104 Å². The van der Waals surface area contributed by atoms with Crippen molar-refractivity contribution < 1.29 is 19.5 Å². The van der Waals surface area contributed by atoms with Gasteiger partial charge in [0.15, 0.2) is 0 Å². The number of carbonyl (C=O) groups is 3. The highest BCUT2D eigenvalue weighted by atomic mass is 16.4. The van der Waals surface area contributed by atoms with Gasteiger partial charge in [-0.05, 0) is 25.7 Å². The number of hydrogen-bond donors (Lipinski definition) is 2. The number of nitrogens with zero attached hydrogens (tertiary/aromatic N) is 1. The summed E-state index contributed by atoms with van der Waals surface area (Å²) in [5, 5.41) is 12.1. The summed E-state index contributed by atoms with van der Waals surface area (Å²) in [4.78, 5) is 35.7. The number of aliphatic carboxylic acids is 1. The maximum absolute atomic E-state index is 11.7. The van der Waals surface area contributed by atoms with Crippen LogP contribution in [0.4, 0.5) is 0 Å². The summed E-state index contributed by atoms with van der Waals surface area (Å²) in [5.74, 6) is -1.33. The van der Waals surface area contributed by atoms with E-state index in [1.54, 1.807) is 0 Å². The molecule has 1 aliphatic heterocycles. The molecule has 0 aromatic heterocycles. The zero-order valence-corrected chi connectivity index (χ0v) is 9.96. The maximum Gasteiger partial charge on any atom is 0.320 e.